The fourth-order valence-electron chi connectivity index (χ4n) is 0.814. The van der Waals surface area contributed by atoms with E-state index in [1.165, 1.54) is 0 Å². The van der Waals surface area contributed by atoms with Gasteiger partial charge >= 0.3 is 0 Å². The molecule has 0 spiro atoms. The third kappa shape index (κ3) is 9.61. The van der Waals surface area contributed by atoms with E-state index in [1.54, 1.807) is 20.8 Å². The van der Waals surface area contributed by atoms with Crippen molar-refractivity contribution in [1.29, 1.82) is 0 Å². The second kappa shape index (κ2) is 6.73. The van der Waals surface area contributed by atoms with E-state index in [-0.39, 0.29) is 25.6 Å². The predicted molar refractivity (Wildman–Crippen MR) is 54.9 cm³/mol. The molecule has 1 atom stereocenters. The Balaban J connectivity index is 3.62. The summed E-state index contributed by atoms with van der Waals surface area (Å²) in [5.41, 5.74) is -0.478. The lowest BCUT2D eigenvalue weighted by molar-refractivity contribution is -0.182. The molecule has 0 bridgehead atoms. The quantitative estimate of drug-likeness (QED) is 0.421. The van der Waals surface area contributed by atoms with Crippen molar-refractivity contribution < 1.29 is 19.7 Å². The van der Waals surface area contributed by atoms with E-state index in [4.69, 9.17) is 9.84 Å². The lowest BCUT2D eigenvalue weighted by Gasteiger charge is -2.24. The van der Waals surface area contributed by atoms with Crippen LogP contribution in [0.5, 0.6) is 0 Å². The van der Waals surface area contributed by atoms with Crippen molar-refractivity contribution >= 4 is 5.91 Å². The first kappa shape index (κ1) is 14.3. The van der Waals surface area contributed by atoms with Gasteiger partial charge in [0, 0.05) is 6.54 Å². The normalized spacial score (nSPS) is 13.7. The summed E-state index contributed by atoms with van der Waals surface area (Å²) in [6.07, 6.45) is -1.18. The highest BCUT2D eigenvalue weighted by atomic mass is 16.6. The van der Waals surface area contributed by atoms with E-state index in [0.29, 0.717) is 0 Å². The van der Waals surface area contributed by atoms with Crippen LogP contribution < -0.4 is 10.6 Å². The van der Waals surface area contributed by atoms with Gasteiger partial charge in [-0.15, -0.1) is 0 Å². The highest BCUT2D eigenvalue weighted by molar-refractivity contribution is 5.77. The Bertz CT molecular complexity index is 191. The molecule has 0 saturated carbocycles. The summed E-state index contributed by atoms with van der Waals surface area (Å²) in [6, 6.07) is 0. The number of amides is 1. The Labute approximate surface area is 89.6 Å². The summed E-state index contributed by atoms with van der Waals surface area (Å²) in [6.45, 7) is 5.43. The second-order valence-corrected chi connectivity index (χ2v) is 4.04. The summed E-state index contributed by atoms with van der Waals surface area (Å²) in [7, 11) is 0. The molecule has 1 unspecified atom stereocenters. The molecule has 15 heavy (non-hydrogen) atoms. The van der Waals surface area contributed by atoms with Crippen molar-refractivity contribution in [2.75, 3.05) is 19.7 Å². The number of hydrogen-bond donors (Lipinski definition) is 4. The van der Waals surface area contributed by atoms with Crippen LogP contribution in [0.25, 0.3) is 0 Å². The van der Waals surface area contributed by atoms with Crippen LogP contribution in [0.15, 0.2) is 0 Å². The molecule has 0 aliphatic heterocycles. The summed E-state index contributed by atoms with van der Waals surface area (Å²) in [5.74, 6) is -0.305. The van der Waals surface area contributed by atoms with Crippen LogP contribution in [-0.2, 0) is 9.53 Å². The molecule has 6 nitrogen and oxygen atoms in total. The largest absolute Gasteiger partial charge is 0.395 e. The van der Waals surface area contributed by atoms with E-state index in [0.717, 1.165) is 0 Å². The zero-order valence-corrected chi connectivity index (χ0v) is 9.41. The average Bonchev–Trinajstić information content (AvgIpc) is 2.08. The second-order valence-electron chi connectivity index (χ2n) is 4.04. The first-order valence-corrected chi connectivity index (χ1v) is 4.82. The van der Waals surface area contributed by atoms with Crippen LogP contribution >= 0.6 is 0 Å². The first-order valence-electron chi connectivity index (χ1n) is 4.82. The zero-order valence-electron chi connectivity index (χ0n) is 9.41. The molecule has 0 rings (SSSR count). The number of aliphatic hydroxyl groups excluding tert-OH is 2. The third-order valence-corrected chi connectivity index (χ3v) is 1.34. The maximum atomic E-state index is 11.0. The topological polar surface area (TPSA) is 90.8 Å². The van der Waals surface area contributed by atoms with Gasteiger partial charge in [-0.2, -0.15) is 0 Å². The van der Waals surface area contributed by atoms with E-state index < -0.39 is 12.0 Å². The van der Waals surface area contributed by atoms with Crippen molar-refractivity contribution in [3.05, 3.63) is 0 Å². The number of carbonyl (C=O) groups is 1. The van der Waals surface area contributed by atoms with Gasteiger partial charge in [0.05, 0.1) is 18.8 Å². The lowest BCUT2D eigenvalue weighted by atomic mass is 10.2. The first-order chi connectivity index (χ1) is 6.85. The van der Waals surface area contributed by atoms with Gasteiger partial charge < -0.3 is 20.3 Å². The number of rotatable bonds is 6. The molecule has 0 radical (unpaired) electrons. The molecular weight excluding hydrogens is 200 g/mol. The molecule has 90 valence electrons. The van der Waals surface area contributed by atoms with E-state index in [9.17, 15) is 9.90 Å². The van der Waals surface area contributed by atoms with Crippen LogP contribution in [0, 0.1) is 0 Å². The van der Waals surface area contributed by atoms with Crippen molar-refractivity contribution in [1.82, 2.24) is 10.6 Å². The van der Waals surface area contributed by atoms with Crippen LogP contribution in [0.2, 0.25) is 0 Å². The van der Waals surface area contributed by atoms with Crippen molar-refractivity contribution in [2.45, 2.75) is 32.8 Å². The number of aliphatic hydroxyl groups is 2. The Kier molecular flexibility index (Phi) is 6.42. The molecule has 0 aliphatic rings. The molecule has 0 saturated heterocycles. The standard InChI is InChI=1S/C9H20N2O4/c1-9(2,3)15-8(14)11-6-7(13)10-4-5-12/h8,11-12,14H,4-6H2,1-3H3,(H,10,13). The van der Waals surface area contributed by atoms with E-state index >= 15 is 0 Å². The van der Waals surface area contributed by atoms with Crippen LogP contribution in [0.4, 0.5) is 0 Å². The van der Waals surface area contributed by atoms with Gasteiger partial charge in [0.15, 0.2) is 0 Å². The minimum absolute atomic E-state index is 0.0583. The number of hydrogen-bond acceptors (Lipinski definition) is 5. The summed E-state index contributed by atoms with van der Waals surface area (Å²) < 4.78 is 5.11. The van der Waals surface area contributed by atoms with Gasteiger partial charge in [0.2, 0.25) is 12.3 Å². The third-order valence-electron chi connectivity index (χ3n) is 1.34. The maximum absolute atomic E-state index is 11.0. The molecule has 0 aromatic heterocycles. The molecule has 0 aliphatic carbocycles. The van der Waals surface area contributed by atoms with Gasteiger partial charge in [-0.05, 0) is 20.8 Å². The van der Waals surface area contributed by atoms with Crippen molar-refractivity contribution in [2.24, 2.45) is 0 Å². The average molecular weight is 220 g/mol. The fraction of sp³-hybridized carbons (Fsp3) is 0.889. The maximum Gasteiger partial charge on any atom is 0.234 e. The van der Waals surface area contributed by atoms with Gasteiger partial charge in [0.1, 0.15) is 0 Å². The smallest absolute Gasteiger partial charge is 0.234 e. The Morgan fingerprint density at radius 1 is 1.47 bits per heavy atom. The molecule has 0 aromatic carbocycles. The van der Waals surface area contributed by atoms with Gasteiger partial charge in [0.25, 0.3) is 0 Å². The minimum atomic E-state index is -1.18. The predicted octanol–water partition coefficient (Wildman–Crippen LogP) is -1.22. The molecule has 0 heterocycles. The highest BCUT2D eigenvalue weighted by Gasteiger charge is 2.16. The van der Waals surface area contributed by atoms with Gasteiger partial charge in [-0.3, -0.25) is 10.1 Å². The Morgan fingerprint density at radius 3 is 2.53 bits per heavy atom. The minimum Gasteiger partial charge on any atom is -0.395 e. The Morgan fingerprint density at radius 2 is 2.07 bits per heavy atom. The van der Waals surface area contributed by atoms with Crippen molar-refractivity contribution in [3.63, 3.8) is 0 Å². The monoisotopic (exact) mass is 220 g/mol. The van der Waals surface area contributed by atoms with Crippen molar-refractivity contribution in [3.8, 4) is 0 Å². The van der Waals surface area contributed by atoms with Crippen LogP contribution in [0.3, 0.4) is 0 Å². The van der Waals surface area contributed by atoms with E-state index in [1.807, 2.05) is 0 Å². The molecular formula is C9H20N2O4. The summed E-state index contributed by atoms with van der Waals surface area (Å²) in [4.78, 5) is 11.0. The summed E-state index contributed by atoms with van der Waals surface area (Å²) >= 11 is 0. The van der Waals surface area contributed by atoms with Crippen LogP contribution in [-0.4, -0.2) is 47.8 Å². The SMILES string of the molecule is CC(C)(C)OC(O)NCC(=O)NCCO. The number of nitrogens with one attached hydrogen (secondary N) is 2. The zero-order chi connectivity index (χ0) is 11.9. The molecule has 0 fully saturated rings. The molecule has 0 aromatic rings. The highest BCUT2D eigenvalue weighted by Crippen LogP contribution is 2.07. The van der Waals surface area contributed by atoms with Gasteiger partial charge in [-0.1, -0.05) is 0 Å². The number of ether oxygens (including phenoxy) is 1. The Hall–Kier alpha value is -0.690. The molecule has 1 amide bonds. The summed E-state index contributed by atoms with van der Waals surface area (Å²) in [5, 5.41) is 22.7. The molecule has 6 heteroatoms. The van der Waals surface area contributed by atoms with Crippen LogP contribution in [0.1, 0.15) is 20.8 Å². The fourth-order valence-corrected chi connectivity index (χ4v) is 0.814. The lowest BCUT2D eigenvalue weighted by Crippen LogP contribution is -2.43. The van der Waals surface area contributed by atoms with Gasteiger partial charge in [-0.25, -0.2) is 0 Å². The van der Waals surface area contributed by atoms with E-state index in [2.05, 4.69) is 10.6 Å². The number of carbonyl (C=O) groups excluding carboxylic acids is 1. The molecule has 4 N–H and O–H groups in total.